The highest BCUT2D eigenvalue weighted by Gasteiger charge is 2.26. The minimum absolute atomic E-state index is 0.0712. The lowest BCUT2D eigenvalue weighted by atomic mass is 9.79. The van der Waals surface area contributed by atoms with E-state index in [4.69, 9.17) is 17.2 Å². The van der Waals surface area contributed by atoms with Crippen LogP contribution in [0.15, 0.2) is 24.3 Å². The highest BCUT2D eigenvalue weighted by atomic mass is 32.2. The summed E-state index contributed by atoms with van der Waals surface area (Å²) in [5, 5.41) is 0. The molecule has 1 unspecified atom stereocenters. The van der Waals surface area contributed by atoms with Gasteiger partial charge in [-0.2, -0.15) is 0 Å². The van der Waals surface area contributed by atoms with Gasteiger partial charge in [-0.15, -0.1) is 0 Å². The second-order valence-corrected chi connectivity index (χ2v) is 5.25. The molecule has 19 heavy (non-hydrogen) atoms. The average molecular weight is 286 g/mol. The summed E-state index contributed by atoms with van der Waals surface area (Å²) in [4.78, 5) is 0. The molecule has 1 atom stereocenters. The van der Waals surface area contributed by atoms with Crippen LogP contribution >= 0.6 is 0 Å². The fraction of sp³-hybridized carbons (Fsp3) is 0.417. The molecule has 1 aromatic carbocycles. The molecule has 107 valence electrons. The molecule has 0 aromatic heterocycles. The van der Waals surface area contributed by atoms with Crippen molar-refractivity contribution in [1.82, 2.24) is 0 Å². The van der Waals surface area contributed by atoms with Crippen LogP contribution in [0.2, 0.25) is 0 Å². The molecule has 0 saturated heterocycles. The summed E-state index contributed by atoms with van der Waals surface area (Å²) in [6, 6.07) is 7.43. The third kappa shape index (κ3) is 4.55. The van der Waals surface area contributed by atoms with Crippen LogP contribution in [0.3, 0.4) is 0 Å². The van der Waals surface area contributed by atoms with E-state index in [0.29, 0.717) is 6.42 Å². The summed E-state index contributed by atoms with van der Waals surface area (Å²) in [5.74, 6) is 0. The average Bonchev–Trinajstić information content (AvgIpc) is 2.38. The molecule has 0 heterocycles. The molecule has 1 radical (unpaired) electrons. The molecule has 0 aliphatic heterocycles. The highest BCUT2D eigenvalue weighted by Crippen LogP contribution is 2.30. The predicted molar refractivity (Wildman–Crippen MR) is 74.3 cm³/mol. The smallest absolute Gasteiger partial charge is 0.257 e. The van der Waals surface area contributed by atoms with E-state index >= 15 is 0 Å². The molecule has 0 aliphatic carbocycles. The van der Waals surface area contributed by atoms with Crippen LogP contribution in [0.5, 0.6) is 0 Å². The summed E-state index contributed by atoms with van der Waals surface area (Å²) in [6.07, 6.45) is -0.120. The van der Waals surface area contributed by atoms with Gasteiger partial charge in [0.05, 0.1) is 12.8 Å². The Balaban J connectivity index is 2.90. The summed E-state index contributed by atoms with van der Waals surface area (Å²) in [6.45, 7) is 3.49. The Morgan fingerprint density at radius 3 is 2.63 bits per heavy atom. The van der Waals surface area contributed by atoms with Crippen molar-refractivity contribution in [2.45, 2.75) is 24.9 Å². The normalized spacial score (nSPS) is 14.8. The number of hydrogen-bond acceptors (Lipinski definition) is 6. The van der Waals surface area contributed by atoms with Gasteiger partial charge in [-0.1, -0.05) is 31.2 Å². The van der Waals surface area contributed by atoms with Gasteiger partial charge < -0.3 is 17.2 Å². The molecular weight excluding hydrogens is 266 g/mol. The van der Waals surface area contributed by atoms with Crippen LogP contribution in [0.4, 0.5) is 0 Å². The number of benzene rings is 1. The standard InChI is InChI=1S/C12H20N3O3S/c1-12(8-13,5-6-18-19(16)17)10-4-2-3-9(7-10)11(14)15/h2-4,7-8,11,19H,5-6,13-15H2,1H3. The molecule has 7 heteroatoms. The molecular formula is C12H20N3O3S. The first-order valence-corrected chi connectivity index (χ1v) is 6.93. The third-order valence-corrected chi connectivity index (χ3v) is 3.51. The minimum Gasteiger partial charge on any atom is -0.326 e. The Morgan fingerprint density at radius 2 is 2.11 bits per heavy atom. The molecule has 0 bridgehead atoms. The number of nitrogens with two attached hydrogens (primary N) is 3. The Kier molecular flexibility index (Phi) is 5.89. The maximum absolute atomic E-state index is 10.4. The van der Waals surface area contributed by atoms with Crippen molar-refractivity contribution in [1.29, 1.82) is 0 Å². The van der Waals surface area contributed by atoms with Gasteiger partial charge in [-0.25, -0.2) is 8.42 Å². The first-order chi connectivity index (χ1) is 8.89. The van der Waals surface area contributed by atoms with Crippen LogP contribution in [0, 0.1) is 6.54 Å². The summed E-state index contributed by atoms with van der Waals surface area (Å²) >= 11 is 0. The maximum atomic E-state index is 10.4. The topological polar surface area (TPSA) is 121 Å². The fourth-order valence-electron chi connectivity index (χ4n) is 1.76. The van der Waals surface area contributed by atoms with E-state index in [0.717, 1.165) is 11.1 Å². The molecule has 0 spiro atoms. The van der Waals surface area contributed by atoms with Crippen molar-refractivity contribution >= 4 is 11.0 Å². The van der Waals surface area contributed by atoms with Gasteiger partial charge >= 0.3 is 0 Å². The highest BCUT2D eigenvalue weighted by molar-refractivity contribution is 7.67. The third-order valence-electron chi connectivity index (χ3n) is 3.12. The predicted octanol–water partition coefficient (Wildman–Crippen LogP) is -0.0861. The van der Waals surface area contributed by atoms with Gasteiger partial charge in [-0.3, -0.25) is 4.18 Å². The van der Waals surface area contributed by atoms with Crippen LogP contribution < -0.4 is 17.2 Å². The van der Waals surface area contributed by atoms with Gasteiger partial charge in [0.15, 0.2) is 0 Å². The fourth-order valence-corrected chi connectivity index (χ4v) is 2.00. The van der Waals surface area contributed by atoms with Crippen LogP contribution in [-0.2, 0) is 20.6 Å². The van der Waals surface area contributed by atoms with E-state index in [-0.39, 0.29) is 6.61 Å². The maximum Gasteiger partial charge on any atom is 0.257 e. The second kappa shape index (κ2) is 6.97. The van der Waals surface area contributed by atoms with Crippen molar-refractivity contribution in [2.24, 2.45) is 17.2 Å². The largest absolute Gasteiger partial charge is 0.326 e. The quantitative estimate of drug-likeness (QED) is 0.411. The summed E-state index contributed by atoms with van der Waals surface area (Å²) in [7, 11) is -2.84. The lowest BCUT2D eigenvalue weighted by molar-refractivity contribution is 0.291. The molecule has 0 amide bonds. The van der Waals surface area contributed by atoms with E-state index in [2.05, 4.69) is 4.18 Å². The molecule has 1 aromatic rings. The Bertz CT molecular complexity index is 483. The van der Waals surface area contributed by atoms with Gasteiger partial charge in [0.25, 0.3) is 11.0 Å². The number of hydrogen-bond donors (Lipinski definition) is 4. The van der Waals surface area contributed by atoms with Crippen LogP contribution in [0.1, 0.15) is 30.6 Å². The lowest BCUT2D eigenvalue weighted by Crippen LogP contribution is -2.29. The zero-order valence-corrected chi connectivity index (χ0v) is 11.7. The minimum atomic E-state index is -2.84. The van der Waals surface area contributed by atoms with Crippen LogP contribution in [-0.4, -0.2) is 15.0 Å². The van der Waals surface area contributed by atoms with Crippen molar-refractivity contribution in [3.63, 3.8) is 0 Å². The van der Waals surface area contributed by atoms with Crippen molar-refractivity contribution in [2.75, 3.05) is 6.61 Å². The second-order valence-electron chi connectivity index (χ2n) is 4.54. The lowest BCUT2D eigenvalue weighted by Gasteiger charge is -2.28. The number of rotatable bonds is 7. The van der Waals surface area contributed by atoms with Gasteiger partial charge in [0.2, 0.25) is 0 Å². The Hall–Kier alpha value is -0.990. The summed E-state index contributed by atoms with van der Waals surface area (Å²) in [5.41, 5.74) is 18.2. The molecule has 0 aliphatic rings. The van der Waals surface area contributed by atoms with E-state index < -0.39 is 22.6 Å². The zero-order valence-electron chi connectivity index (χ0n) is 10.8. The monoisotopic (exact) mass is 286 g/mol. The first-order valence-electron chi connectivity index (χ1n) is 5.84. The molecule has 6 N–H and O–H groups in total. The first kappa shape index (κ1) is 16.1. The van der Waals surface area contributed by atoms with Crippen LogP contribution in [0.25, 0.3) is 0 Å². The SMILES string of the molecule is CC([CH]N)(CCO[SH](=O)=O)c1cccc(C(N)N)c1. The molecule has 0 saturated carbocycles. The molecule has 1 rings (SSSR count). The summed E-state index contributed by atoms with van der Waals surface area (Å²) < 4.78 is 25.4. The van der Waals surface area contributed by atoms with Gasteiger partial charge in [0.1, 0.15) is 0 Å². The molecule has 6 nitrogen and oxygen atoms in total. The van der Waals surface area contributed by atoms with Crippen molar-refractivity contribution < 1.29 is 12.6 Å². The molecule has 0 fully saturated rings. The van der Waals surface area contributed by atoms with Crippen molar-refractivity contribution in [3.05, 3.63) is 41.9 Å². The zero-order chi connectivity index (χ0) is 14.5. The van der Waals surface area contributed by atoms with Gasteiger partial charge in [0, 0.05) is 12.0 Å². The number of thiol groups is 1. The van der Waals surface area contributed by atoms with E-state index in [1.54, 1.807) is 0 Å². The Labute approximate surface area is 115 Å². The van der Waals surface area contributed by atoms with Crippen molar-refractivity contribution in [3.8, 4) is 0 Å². The van der Waals surface area contributed by atoms with E-state index in [1.165, 1.54) is 6.54 Å². The Morgan fingerprint density at radius 1 is 1.42 bits per heavy atom. The van der Waals surface area contributed by atoms with Gasteiger partial charge in [-0.05, 0) is 17.5 Å². The van der Waals surface area contributed by atoms with E-state index in [1.807, 2.05) is 31.2 Å². The van der Waals surface area contributed by atoms with E-state index in [9.17, 15) is 8.42 Å².